The Hall–Kier alpha value is -2.35. The lowest BCUT2D eigenvalue weighted by Gasteiger charge is -2.11. The number of anilines is 1. The maximum absolute atomic E-state index is 12.9. The predicted octanol–water partition coefficient (Wildman–Crippen LogP) is 6.98. The summed E-state index contributed by atoms with van der Waals surface area (Å²) in [4.78, 5) is 12.9. The highest BCUT2D eigenvalue weighted by molar-refractivity contribution is 14.1. The second-order valence-electron chi connectivity index (χ2n) is 6.91. The molecule has 31 heavy (non-hydrogen) atoms. The van der Waals surface area contributed by atoms with E-state index in [-0.39, 0.29) is 5.91 Å². The molecule has 0 bridgehead atoms. The van der Waals surface area contributed by atoms with Crippen LogP contribution in [0.5, 0.6) is 5.75 Å². The molecule has 1 aliphatic rings. The number of hydrogen-bond donors (Lipinski definition) is 0. The van der Waals surface area contributed by atoms with E-state index in [1.807, 2.05) is 67.6 Å². The Kier molecular flexibility index (Phi) is 6.65. The largest absolute Gasteiger partial charge is 0.488 e. The number of benzene rings is 3. The first-order valence-corrected chi connectivity index (χ1v) is 11.3. The molecule has 0 aliphatic carbocycles. The molecule has 4 rings (SSSR count). The summed E-state index contributed by atoms with van der Waals surface area (Å²) in [5.41, 5.74) is 3.75. The van der Waals surface area contributed by atoms with Gasteiger partial charge in [0.15, 0.2) is 0 Å². The SMILES string of the molecule is CC1=NN(c2ccccc2)C(=O)/C1=C/c1ccc(OCc2ccc(Cl)cc2Cl)c(I)c1. The van der Waals surface area contributed by atoms with Crippen molar-refractivity contribution in [2.75, 3.05) is 5.01 Å². The van der Waals surface area contributed by atoms with Gasteiger partial charge in [0, 0.05) is 15.6 Å². The standard InChI is InChI=1S/C24H17Cl2IN2O2/c1-15-20(24(30)29(28-15)19-5-3-2-4-6-19)11-16-7-10-23(22(27)12-16)31-14-17-8-9-18(25)13-21(17)26/h2-13H,14H2,1H3/b20-11+. The van der Waals surface area contributed by atoms with Gasteiger partial charge in [-0.3, -0.25) is 4.79 Å². The number of carbonyl (C=O) groups excluding carboxylic acids is 1. The van der Waals surface area contributed by atoms with Crippen LogP contribution < -0.4 is 9.75 Å². The molecule has 3 aromatic carbocycles. The molecular weight excluding hydrogens is 546 g/mol. The second kappa shape index (κ2) is 9.42. The number of hydrogen-bond acceptors (Lipinski definition) is 3. The molecule has 156 valence electrons. The topological polar surface area (TPSA) is 41.9 Å². The number of carbonyl (C=O) groups is 1. The molecule has 1 aliphatic heterocycles. The van der Waals surface area contributed by atoms with Gasteiger partial charge in [0.25, 0.3) is 5.91 Å². The molecule has 0 radical (unpaired) electrons. The number of halogens is 3. The Labute approximate surface area is 204 Å². The van der Waals surface area contributed by atoms with Crippen molar-refractivity contribution >= 4 is 69.2 Å². The fourth-order valence-corrected chi connectivity index (χ4v) is 4.27. The van der Waals surface area contributed by atoms with Gasteiger partial charge in [0.2, 0.25) is 0 Å². The minimum atomic E-state index is -0.142. The van der Waals surface area contributed by atoms with E-state index in [1.54, 1.807) is 12.1 Å². The predicted molar refractivity (Wildman–Crippen MR) is 135 cm³/mol. The summed E-state index contributed by atoms with van der Waals surface area (Å²) in [5.74, 6) is 0.597. The van der Waals surface area contributed by atoms with Gasteiger partial charge < -0.3 is 4.74 Å². The first-order chi connectivity index (χ1) is 14.9. The van der Waals surface area contributed by atoms with E-state index in [2.05, 4.69) is 27.7 Å². The van der Waals surface area contributed by atoms with Gasteiger partial charge in [-0.2, -0.15) is 10.1 Å². The normalized spacial score (nSPS) is 14.8. The van der Waals surface area contributed by atoms with Crippen molar-refractivity contribution in [2.24, 2.45) is 5.10 Å². The second-order valence-corrected chi connectivity index (χ2v) is 8.92. The van der Waals surface area contributed by atoms with Gasteiger partial charge in [0.1, 0.15) is 12.4 Å². The average Bonchev–Trinajstić information content (AvgIpc) is 3.03. The summed E-state index contributed by atoms with van der Waals surface area (Å²) in [6.07, 6.45) is 1.85. The lowest BCUT2D eigenvalue weighted by Crippen LogP contribution is -2.21. The Morgan fingerprint density at radius 3 is 2.55 bits per heavy atom. The third kappa shape index (κ3) is 4.95. The summed E-state index contributed by atoms with van der Waals surface area (Å²) in [7, 11) is 0. The van der Waals surface area contributed by atoms with Gasteiger partial charge in [-0.15, -0.1) is 0 Å². The summed E-state index contributed by atoms with van der Waals surface area (Å²) in [5, 5.41) is 7.01. The van der Waals surface area contributed by atoms with E-state index in [0.29, 0.717) is 27.9 Å². The first kappa shape index (κ1) is 21.9. The summed E-state index contributed by atoms with van der Waals surface area (Å²) < 4.78 is 6.86. The van der Waals surface area contributed by atoms with Crippen molar-refractivity contribution < 1.29 is 9.53 Å². The van der Waals surface area contributed by atoms with E-state index < -0.39 is 0 Å². The fourth-order valence-electron chi connectivity index (χ4n) is 3.11. The fraction of sp³-hybridized carbons (Fsp3) is 0.0833. The van der Waals surface area contributed by atoms with Crippen LogP contribution in [0.2, 0.25) is 10.0 Å². The molecule has 0 fully saturated rings. The Balaban J connectivity index is 1.51. The highest BCUT2D eigenvalue weighted by atomic mass is 127. The van der Waals surface area contributed by atoms with Crippen LogP contribution in [0.3, 0.4) is 0 Å². The van der Waals surface area contributed by atoms with Crippen LogP contribution in [-0.2, 0) is 11.4 Å². The van der Waals surface area contributed by atoms with Gasteiger partial charge in [-0.25, -0.2) is 0 Å². The van der Waals surface area contributed by atoms with Crippen molar-refractivity contribution in [3.05, 3.63) is 97.0 Å². The van der Waals surface area contributed by atoms with Gasteiger partial charge >= 0.3 is 0 Å². The quantitative estimate of drug-likeness (QED) is 0.248. The lowest BCUT2D eigenvalue weighted by molar-refractivity contribution is -0.114. The number of amides is 1. The molecule has 4 nitrogen and oxygen atoms in total. The highest BCUT2D eigenvalue weighted by Gasteiger charge is 2.28. The van der Waals surface area contributed by atoms with E-state index in [1.165, 1.54) is 5.01 Å². The van der Waals surface area contributed by atoms with Gasteiger partial charge in [-0.1, -0.05) is 53.5 Å². The van der Waals surface area contributed by atoms with Crippen molar-refractivity contribution in [3.63, 3.8) is 0 Å². The molecule has 1 heterocycles. The molecule has 0 spiro atoms. The van der Waals surface area contributed by atoms with Crippen molar-refractivity contribution in [1.82, 2.24) is 0 Å². The zero-order valence-corrected chi connectivity index (χ0v) is 20.1. The van der Waals surface area contributed by atoms with Crippen LogP contribution >= 0.6 is 45.8 Å². The molecule has 0 aromatic heterocycles. The zero-order chi connectivity index (χ0) is 22.0. The minimum absolute atomic E-state index is 0.142. The third-order valence-corrected chi connectivity index (χ3v) is 6.16. The van der Waals surface area contributed by atoms with Crippen LogP contribution in [0.25, 0.3) is 6.08 Å². The maximum atomic E-state index is 12.9. The van der Waals surface area contributed by atoms with Gasteiger partial charge in [0.05, 0.1) is 20.5 Å². The summed E-state index contributed by atoms with van der Waals surface area (Å²) in [6, 6.07) is 20.5. The Morgan fingerprint density at radius 2 is 1.84 bits per heavy atom. The van der Waals surface area contributed by atoms with Crippen molar-refractivity contribution in [1.29, 1.82) is 0 Å². The Bertz CT molecular complexity index is 1210. The molecule has 1 amide bonds. The van der Waals surface area contributed by atoms with E-state index in [0.717, 1.165) is 26.1 Å². The molecule has 3 aromatic rings. The van der Waals surface area contributed by atoms with Crippen LogP contribution in [-0.4, -0.2) is 11.6 Å². The number of ether oxygens (including phenoxy) is 1. The minimum Gasteiger partial charge on any atom is -0.488 e. The van der Waals surface area contributed by atoms with E-state index >= 15 is 0 Å². The molecule has 7 heteroatoms. The molecule has 0 atom stereocenters. The Morgan fingerprint density at radius 1 is 1.06 bits per heavy atom. The zero-order valence-electron chi connectivity index (χ0n) is 16.5. The number of nitrogens with zero attached hydrogens (tertiary/aromatic N) is 2. The number of rotatable bonds is 5. The molecule has 0 N–H and O–H groups in total. The number of para-hydroxylation sites is 1. The molecule has 0 unspecified atom stereocenters. The third-order valence-electron chi connectivity index (χ3n) is 4.73. The lowest BCUT2D eigenvalue weighted by atomic mass is 10.1. The maximum Gasteiger partial charge on any atom is 0.280 e. The van der Waals surface area contributed by atoms with Crippen molar-refractivity contribution in [2.45, 2.75) is 13.5 Å². The highest BCUT2D eigenvalue weighted by Crippen LogP contribution is 2.28. The summed E-state index contributed by atoms with van der Waals surface area (Å²) >= 11 is 14.4. The van der Waals surface area contributed by atoms with Crippen molar-refractivity contribution in [3.8, 4) is 5.75 Å². The molecular formula is C24H17Cl2IN2O2. The van der Waals surface area contributed by atoms with Crippen LogP contribution in [0.15, 0.2) is 77.4 Å². The van der Waals surface area contributed by atoms with E-state index in [9.17, 15) is 4.79 Å². The van der Waals surface area contributed by atoms with Crippen LogP contribution in [0.1, 0.15) is 18.1 Å². The average molecular weight is 563 g/mol. The molecule has 0 saturated heterocycles. The first-order valence-electron chi connectivity index (χ1n) is 9.45. The van der Waals surface area contributed by atoms with E-state index in [4.69, 9.17) is 27.9 Å². The number of hydrazone groups is 1. The van der Waals surface area contributed by atoms with Gasteiger partial charge in [-0.05, 0) is 77.6 Å². The smallest absolute Gasteiger partial charge is 0.280 e. The monoisotopic (exact) mass is 562 g/mol. The van der Waals surface area contributed by atoms with Crippen LogP contribution in [0, 0.1) is 3.57 Å². The van der Waals surface area contributed by atoms with Crippen LogP contribution in [0.4, 0.5) is 5.69 Å². The summed E-state index contributed by atoms with van der Waals surface area (Å²) in [6.45, 7) is 2.17. The molecule has 0 saturated carbocycles.